The van der Waals surface area contributed by atoms with Crippen LogP contribution in [0.3, 0.4) is 0 Å². The number of fused-ring (bicyclic) bond motifs is 11. The molecule has 62 heavy (non-hydrogen) atoms. The van der Waals surface area contributed by atoms with Gasteiger partial charge in [0.2, 0.25) is 0 Å². The van der Waals surface area contributed by atoms with Crippen LogP contribution in [0.15, 0.2) is 224 Å². The van der Waals surface area contributed by atoms with Crippen LogP contribution in [0.2, 0.25) is 0 Å². The molecule has 3 nitrogen and oxygen atoms in total. The van der Waals surface area contributed by atoms with Crippen LogP contribution in [0.1, 0.15) is 0 Å². The molecule has 0 atom stereocenters. The molecular formula is C58H37N3S. The second-order valence-electron chi connectivity index (χ2n) is 16.1. The summed E-state index contributed by atoms with van der Waals surface area (Å²) in [6.45, 7) is 0. The lowest BCUT2D eigenvalue weighted by molar-refractivity contribution is 1.18. The lowest BCUT2D eigenvalue weighted by atomic mass is 10.0. The fraction of sp³-hybridized carbons (Fsp3) is 0. The summed E-state index contributed by atoms with van der Waals surface area (Å²) in [4.78, 5) is 2.42. The van der Waals surface area contributed by atoms with Crippen molar-refractivity contribution in [2.75, 3.05) is 4.90 Å². The van der Waals surface area contributed by atoms with Crippen molar-refractivity contribution in [2.45, 2.75) is 0 Å². The summed E-state index contributed by atoms with van der Waals surface area (Å²) in [7, 11) is 0. The minimum absolute atomic E-state index is 1.10. The van der Waals surface area contributed by atoms with Crippen molar-refractivity contribution in [1.29, 1.82) is 0 Å². The average molecular weight is 808 g/mol. The van der Waals surface area contributed by atoms with Gasteiger partial charge in [-0.05, 0) is 119 Å². The highest BCUT2D eigenvalue weighted by atomic mass is 32.1. The van der Waals surface area contributed by atoms with Gasteiger partial charge in [-0.25, -0.2) is 0 Å². The summed E-state index contributed by atoms with van der Waals surface area (Å²) in [5.74, 6) is 0. The Morgan fingerprint density at radius 2 is 0.823 bits per heavy atom. The summed E-state index contributed by atoms with van der Waals surface area (Å²) >= 11 is 1.86. The molecule has 13 aromatic rings. The van der Waals surface area contributed by atoms with Crippen LogP contribution >= 0.6 is 11.3 Å². The monoisotopic (exact) mass is 807 g/mol. The first-order chi connectivity index (χ1) is 30.7. The topological polar surface area (TPSA) is 13.1 Å². The molecule has 0 aliphatic carbocycles. The summed E-state index contributed by atoms with van der Waals surface area (Å²) in [5, 5.41) is 10.2. The molecule has 10 aromatic carbocycles. The lowest BCUT2D eigenvalue weighted by Crippen LogP contribution is -2.09. The second-order valence-corrected chi connectivity index (χ2v) is 17.2. The van der Waals surface area contributed by atoms with Crippen molar-refractivity contribution < 1.29 is 0 Å². The average Bonchev–Trinajstić information content (AvgIpc) is 4.00. The van der Waals surface area contributed by atoms with Crippen LogP contribution in [-0.4, -0.2) is 9.13 Å². The molecule has 0 fully saturated rings. The van der Waals surface area contributed by atoms with Gasteiger partial charge in [-0.3, -0.25) is 0 Å². The van der Waals surface area contributed by atoms with Gasteiger partial charge in [0.15, 0.2) is 0 Å². The zero-order valence-electron chi connectivity index (χ0n) is 33.6. The summed E-state index contributed by atoms with van der Waals surface area (Å²) in [6.07, 6.45) is 0. The van der Waals surface area contributed by atoms with E-state index in [0.29, 0.717) is 0 Å². The molecule has 0 aliphatic heterocycles. The van der Waals surface area contributed by atoms with Crippen LogP contribution in [0.5, 0.6) is 0 Å². The quantitative estimate of drug-likeness (QED) is 0.163. The Labute approximate surface area is 362 Å². The predicted molar refractivity (Wildman–Crippen MR) is 266 cm³/mol. The first-order valence-electron chi connectivity index (χ1n) is 21.2. The molecular weight excluding hydrogens is 771 g/mol. The zero-order valence-corrected chi connectivity index (χ0v) is 34.4. The van der Waals surface area contributed by atoms with Gasteiger partial charge in [0.25, 0.3) is 0 Å². The van der Waals surface area contributed by atoms with Crippen molar-refractivity contribution in [3.8, 4) is 22.5 Å². The minimum Gasteiger partial charge on any atom is -0.310 e. The number of anilines is 3. The van der Waals surface area contributed by atoms with Crippen molar-refractivity contribution in [3.05, 3.63) is 224 Å². The van der Waals surface area contributed by atoms with Gasteiger partial charge in [0, 0.05) is 70.2 Å². The van der Waals surface area contributed by atoms with Gasteiger partial charge in [-0.2, -0.15) is 0 Å². The van der Waals surface area contributed by atoms with Crippen LogP contribution in [0, 0.1) is 0 Å². The molecule has 0 amide bonds. The molecule has 0 spiro atoms. The van der Waals surface area contributed by atoms with E-state index < -0.39 is 0 Å². The largest absolute Gasteiger partial charge is 0.310 e. The van der Waals surface area contributed by atoms with Gasteiger partial charge in [-0.15, -0.1) is 11.3 Å². The number of para-hydroxylation sites is 3. The third kappa shape index (κ3) is 5.37. The first-order valence-corrected chi connectivity index (χ1v) is 22.0. The number of rotatable bonds is 6. The van der Waals surface area contributed by atoms with Crippen molar-refractivity contribution >= 4 is 103 Å². The number of hydrogen-bond acceptors (Lipinski definition) is 2. The fourth-order valence-electron chi connectivity index (χ4n) is 9.88. The molecule has 13 rings (SSSR count). The van der Waals surface area contributed by atoms with E-state index in [9.17, 15) is 0 Å². The van der Waals surface area contributed by atoms with E-state index in [1.165, 1.54) is 85.7 Å². The van der Waals surface area contributed by atoms with Crippen LogP contribution in [0.4, 0.5) is 17.1 Å². The second kappa shape index (κ2) is 13.8. The number of nitrogens with zero attached hydrogens (tertiary/aromatic N) is 3. The summed E-state index contributed by atoms with van der Waals surface area (Å²) in [5.41, 5.74) is 12.8. The number of hydrogen-bond donors (Lipinski definition) is 0. The molecule has 0 bridgehead atoms. The maximum atomic E-state index is 2.42. The molecule has 4 heteroatoms. The van der Waals surface area contributed by atoms with Gasteiger partial charge in [0.1, 0.15) is 0 Å². The Morgan fingerprint density at radius 1 is 0.306 bits per heavy atom. The highest BCUT2D eigenvalue weighted by Crippen LogP contribution is 2.44. The Kier molecular flexibility index (Phi) is 7.78. The molecule has 0 saturated carbocycles. The summed E-state index contributed by atoms with van der Waals surface area (Å²) < 4.78 is 7.39. The van der Waals surface area contributed by atoms with Crippen LogP contribution in [0.25, 0.3) is 97.1 Å². The number of thiophene rings is 1. The van der Waals surface area contributed by atoms with E-state index in [-0.39, 0.29) is 0 Å². The molecule has 3 aromatic heterocycles. The van der Waals surface area contributed by atoms with E-state index in [1.807, 2.05) is 11.3 Å². The van der Waals surface area contributed by atoms with Gasteiger partial charge < -0.3 is 14.0 Å². The highest BCUT2D eigenvalue weighted by molar-refractivity contribution is 7.25. The Bertz CT molecular complexity index is 3850. The molecule has 3 heterocycles. The normalized spacial score (nSPS) is 11.9. The van der Waals surface area contributed by atoms with E-state index in [1.54, 1.807) is 0 Å². The summed E-state index contributed by atoms with van der Waals surface area (Å²) in [6, 6.07) is 82.2. The standard InChI is InChI=1S/C58H37N3S/c1-2-13-41(14-3-1)60-52-19-9-6-16-47(52)50-36-44(31-34-54(50)60)59(45-32-35-57-51(37-45)48-17-8-11-21-56(48)62-57)42-27-22-38(23-28-42)39-24-29-43(30-25-39)61-53-20-10-7-18-49(53)58-46-15-5-4-12-40(46)26-33-55(58)61/h1-37H. The molecule has 0 aliphatic rings. The maximum Gasteiger partial charge on any atom is 0.0547 e. The van der Waals surface area contributed by atoms with Crippen LogP contribution in [-0.2, 0) is 0 Å². The Morgan fingerprint density at radius 3 is 1.61 bits per heavy atom. The molecule has 0 unspecified atom stereocenters. The molecule has 0 N–H and O–H groups in total. The van der Waals surface area contributed by atoms with Crippen molar-refractivity contribution in [1.82, 2.24) is 9.13 Å². The van der Waals surface area contributed by atoms with E-state index in [0.717, 1.165) is 28.4 Å². The predicted octanol–water partition coefficient (Wildman–Crippen LogP) is 16.5. The van der Waals surface area contributed by atoms with Crippen molar-refractivity contribution in [2.24, 2.45) is 0 Å². The SMILES string of the molecule is c1ccc(-n2c3ccccc3c3cc(N(c4ccc(-c5ccc(-n6c7ccccc7c7c8ccccc8ccc76)cc5)cc4)c4ccc5sc6ccccc6c5c4)ccc32)cc1. The number of benzene rings is 10. The molecule has 0 radical (unpaired) electrons. The van der Waals surface area contributed by atoms with Gasteiger partial charge in [-0.1, -0.05) is 127 Å². The van der Waals surface area contributed by atoms with E-state index >= 15 is 0 Å². The lowest BCUT2D eigenvalue weighted by Gasteiger charge is -2.26. The number of aromatic nitrogens is 2. The van der Waals surface area contributed by atoms with Gasteiger partial charge >= 0.3 is 0 Å². The third-order valence-corrected chi connectivity index (χ3v) is 13.8. The van der Waals surface area contributed by atoms with E-state index in [2.05, 4.69) is 238 Å². The van der Waals surface area contributed by atoms with Gasteiger partial charge in [0.05, 0.1) is 22.1 Å². The maximum absolute atomic E-state index is 2.42. The zero-order chi connectivity index (χ0) is 40.7. The fourth-order valence-corrected chi connectivity index (χ4v) is 11.0. The molecule has 290 valence electrons. The Hall–Kier alpha value is -7.92. The smallest absolute Gasteiger partial charge is 0.0547 e. The molecule has 0 saturated heterocycles. The van der Waals surface area contributed by atoms with Crippen molar-refractivity contribution in [3.63, 3.8) is 0 Å². The third-order valence-electron chi connectivity index (χ3n) is 12.7. The Balaban J connectivity index is 0.926. The first kappa shape index (κ1) is 34.9. The van der Waals surface area contributed by atoms with E-state index in [4.69, 9.17) is 0 Å². The minimum atomic E-state index is 1.10. The van der Waals surface area contributed by atoms with Crippen LogP contribution < -0.4 is 4.90 Å². The highest BCUT2D eigenvalue weighted by Gasteiger charge is 2.19.